The molecule has 0 saturated heterocycles. The van der Waals surface area contributed by atoms with E-state index >= 15 is 0 Å². The second-order valence-corrected chi connectivity index (χ2v) is 3.41. The Morgan fingerprint density at radius 1 is 1.39 bits per heavy atom. The van der Waals surface area contributed by atoms with Crippen molar-refractivity contribution < 1.29 is 9.13 Å². The van der Waals surface area contributed by atoms with E-state index in [0.717, 1.165) is 0 Å². The minimum absolute atomic E-state index is 0.110. The minimum Gasteiger partial charge on any atom is -0.489 e. The van der Waals surface area contributed by atoms with Crippen LogP contribution in [-0.2, 0) is 0 Å². The van der Waals surface area contributed by atoms with Gasteiger partial charge >= 0.3 is 0 Å². The Hall–Kier alpha value is -2.12. The second kappa shape index (κ2) is 7.25. The molecule has 7 N–H and O–H groups in total. The first-order valence-corrected chi connectivity index (χ1v) is 5.21. The first-order chi connectivity index (χ1) is 8.74. The molecule has 0 aliphatic carbocycles. The Kier molecular flexibility index (Phi) is 5.62. The molecule has 0 aliphatic rings. The molecule has 0 amide bonds. The molecule has 1 aromatic carbocycles. The first-order valence-electron chi connectivity index (χ1n) is 5.21. The van der Waals surface area contributed by atoms with Crippen LogP contribution in [0.25, 0.3) is 0 Å². The van der Waals surface area contributed by atoms with Gasteiger partial charge in [0.15, 0.2) is 5.84 Å². The van der Waals surface area contributed by atoms with Gasteiger partial charge in [-0.15, -0.1) is 0 Å². The number of nitrogens with one attached hydrogen (secondary N) is 1. The van der Waals surface area contributed by atoms with Crippen LogP contribution in [0.15, 0.2) is 41.3 Å². The van der Waals surface area contributed by atoms with Crippen LogP contribution in [0.2, 0.25) is 0 Å². The summed E-state index contributed by atoms with van der Waals surface area (Å²) in [6.07, 6.45) is 0.450. The van der Waals surface area contributed by atoms with Crippen LogP contribution in [0.5, 0.6) is 5.75 Å². The van der Waals surface area contributed by atoms with Gasteiger partial charge in [0.25, 0.3) is 0 Å². The van der Waals surface area contributed by atoms with Gasteiger partial charge in [-0.05, 0) is 24.3 Å². The molecule has 0 atom stereocenters. The smallest absolute Gasteiger partial charge is 0.166 e. The average molecular weight is 253 g/mol. The van der Waals surface area contributed by atoms with E-state index in [2.05, 4.69) is 10.5 Å². The van der Waals surface area contributed by atoms with Crippen molar-refractivity contribution in [1.82, 2.24) is 5.43 Å². The summed E-state index contributed by atoms with van der Waals surface area (Å²) in [4.78, 5) is 0. The van der Waals surface area contributed by atoms with E-state index in [0.29, 0.717) is 29.1 Å². The molecule has 0 spiro atoms. The van der Waals surface area contributed by atoms with Gasteiger partial charge < -0.3 is 21.7 Å². The van der Waals surface area contributed by atoms with Crippen LogP contribution >= 0.6 is 0 Å². The molecule has 18 heavy (non-hydrogen) atoms. The maximum absolute atomic E-state index is 12.2. The summed E-state index contributed by atoms with van der Waals surface area (Å²) < 4.78 is 17.6. The Labute approximate surface area is 104 Å². The lowest BCUT2D eigenvalue weighted by atomic mass is 10.2. The van der Waals surface area contributed by atoms with Crippen molar-refractivity contribution in [2.24, 2.45) is 22.5 Å². The van der Waals surface area contributed by atoms with Crippen LogP contribution in [-0.4, -0.2) is 19.0 Å². The zero-order valence-electron chi connectivity index (χ0n) is 9.77. The van der Waals surface area contributed by atoms with Crippen LogP contribution in [0.1, 0.15) is 5.56 Å². The number of halogens is 1. The van der Waals surface area contributed by atoms with Gasteiger partial charge in [-0.3, -0.25) is 0 Å². The highest BCUT2D eigenvalue weighted by Gasteiger charge is 2.02. The zero-order chi connectivity index (χ0) is 13.4. The topological polar surface area (TPSA) is 112 Å². The summed E-state index contributed by atoms with van der Waals surface area (Å²) >= 11 is 0. The number of hydrogen-bond donors (Lipinski definition) is 4. The van der Waals surface area contributed by atoms with Crippen LogP contribution < -0.4 is 27.6 Å². The van der Waals surface area contributed by atoms with Crippen LogP contribution in [0, 0.1) is 0 Å². The van der Waals surface area contributed by atoms with Crippen LogP contribution in [0.3, 0.4) is 0 Å². The number of nitrogens with zero attached hydrogens (tertiary/aromatic N) is 1. The fourth-order valence-corrected chi connectivity index (χ4v) is 1.22. The Morgan fingerprint density at radius 3 is 2.50 bits per heavy atom. The number of hydrazone groups is 1. The summed E-state index contributed by atoms with van der Waals surface area (Å²) in [6, 6.07) is 6.85. The second-order valence-electron chi connectivity index (χ2n) is 3.41. The van der Waals surface area contributed by atoms with Crippen molar-refractivity contribution >= 4 is 5.84 Å². The molecule has 0 aromatic heterocycles. The van der Waals surface area contributed by atoms with E-state index in [-0.39, 0.29) is 13.2 Å². The standard InChI is InChI=1S/C11H16FN5O/c12-5-8(6-13)7-18-10-3-1-9(2-4-10)11(16-14)17-15/h1-5H,6-7,13-15H2,(H,16,17)/b8-5-. The largest absolute Gasteiger partial charge is 0.489 e. The van der Waals surface area contributed by atoms with Crippen molar-refractivity contribution in [3.8, 4) is 5.75 Å². The summed E-state index contributed by atoms with van der Waals surface area (Å²) in [6.45, 7) is 0.231. The lowest BCUT2D eigenvalue weighted by Gasteiger charge is -2.08. The normalized spacial score (nSPS) is 12.4. The highest BCUT2D eigenvalue weighted by Crippen LogP contribution is 2.13. The van der Waals surface area contributed by atoms with Gasteiger partial charge in [-0.2, -0.15) is 5.10 Å². The highest BCUT2D eigenvalue weighted by molar-refractivity contribution is 5.98. The van der Waals surface area contributed by atoms with E-state index < -0.39 is 0 Å². The van der Waals surface area contributed by atoms with Gasteiger partial charge in [0, 0.05) is 17.7 Å². The van der Waals surface area contributed by atoms with Gasteiger partial charge in [-0.1, -0.05) is 0 Å². The molecule has 0 aliphatic heterocycles. The lowest BCUT2D eigenvalue weighted by molar-refractivity contribution is 0.347. The van der Waals surface area contributed by atoms with Gasteiger partial charge in [0.2, 0.25) is 0 Å². The molecular formula is C11H16FN5O. The Bertz CT molecular complexity index is 430. The minimum atomic E-state index is 0.110. The Morgan fingerprint density at radius 2 is 2.06 bits per heavy atom. The van der Waals surface area contributed by atoms with Crippen molar-refractivity contribution in [3.05, 3.63) is 41.7 Å². The van der Waals surface area contributed by atoms with E-state index in [1.54, 1.807) is 24.3 Å². The van der Waals surface area contributed by atoms with Gasteiger partial charge in [-0.25, -0.2) is 10.2 Å². The molecule has 6 nitrogen and oxygen atoms in total. The van der Waals surface area contributed by atoms with Gasteiger partial charge in [0.05, 0.1) is 6.33 Å². The van der Waals surface area contributed by atoms with Crippen molar-refractivity contribution in [2.45, 2.75) is 0 Å². The predicted octanol–water partition coefficient (Wildman–Crippen LogP) is -0.0389. The molecule has 0 bridgehead atoms. The summed E-state index contributed by atoms with van der Waals surface area (Å²) in [5.74, 6) is 11.3. The van der Waals surface area contributed by atoms with E-state index in [1.165, 1.54) is 0 Å². The van der Waals surface area contributed by atoms with E-state index in [4.69, 9.17) is 22.2 Å². The summed E-state index contributed by atoms with van der Waals surface area (Å²) in [5.41, 5.74) is 8.77. The average Bonchev–Trinajstić information content (AvgIpc) is 2.43. The SMILES string of the molecule is NC/C(=C/F)COc1ccc(/C(=N/N)NN)cc1. The third-order valence-corrected chi connectivity index (χ3v) is 2.23. The number of benzene rings is 1. The number of ether oxygens (including phenoxy) is 1. The maximum Gasteiger partial charge on any atom is 0.166 e. The predicted molar refractivity (Wildman–Crippen MR) is 68.2 cm³/mol. The fourth-order valence-electron chi connectivity index (χ4n) is 1.22. The number of rotatable bonds is 5. The monoisotopic (exact) mass is 253 g/mol. The van der Waals surface area contributed by atoms with Crippen molar-refractivity contribution in [1.29, 1.82) is 0 Å². The van der Waals surface area contributed by atoms with Crippen molar-refractivity contribution in [2.75, 3.05) is 13.2 Å². The van der Waals surface area contributed by atoms with Crippen LogP contribution in [0.4, 0.5) is 4.39 Å². The lowest BCUT2D eigenvalue weighted by Crippen LogP contribution is -2.31. The molecule has 0 fully saturated rings. The molecule has 1 rings (SSSR count). The quantitative estimate of drug-likeness (QED) is 0.255. The maximum atomic E-state index is 12.2. The first kappa shape index (κ1) is 13.9. The number of nitrogens with two attached hydrogens (primary N) is 3. The molecule has 0 unspecified atom stereocenters. The molecule has 0 heterocycles. The molecule has 0 radical (unpaired) electrons. The number of hydrogen-bond acceptors (Lipinski definition) is 5. The molecule has 7 heteroatoms. The third-order valence-electron chi connectivity index (χ3n) is 2.23. The molecule has 1 aromatic rings. The van der Waals surface area contributed by atoms with E-state index in [9.17, 15) is 4.39 Å². The third kappa shape index (κ3) is 3.72. The molecular weight excluding hydrogens is 237 g/mol. The fraction of sp³-hybridized carbons (Fsp3) is 0.182. The molecule has 0 saturated carbocycles. The number of hydrazine groups is 1. The summed E-state index contributed by atoms with van der Waals surface area (Å²) in [7, 11) is 0. The molecule has 98 valence electrons. The summed E-state index contributed by atoms with van der Waals surface area (Å²) in [5, 5.41) is 3.47. The highest BCUT2D eigenvalue weighted by atomic mass is 19.1. The zero-order valence-corrected chi connectivity index (χ0v) is 9.77. The Balaban J connectivity index is 2.66. The van der Waals surface area contributed by atoms with E-state index in [1.807, 2.05) is 0 Å². The van der Waals surface area contributed by atoms with Crippen molar-refractivity contribution in [3.63, 3.8) is 0 Å². The number of amidine groups is 1. The van der Waals surface area contributed by atoms with Gasteiger partial charge in [0.1, 0.15) is 12.4 Å².